The minimum absolute atomic E-state index is 0.104. The summed E-state index contributed by atoms with van der Waals surface area (Å²) in [4.78, 5) is 32.4. The first kappa shape index (κ1) is 22.2. The van der Waals surface area contributed by atoms with Gasteiger partial charge in [0.15, 0.2) is 19.5 Å². The van der Waals surface area contributed by atoms with Crippen molar-refractivity contribution in [2.45, 2.75) is 63.6 Å². The molecule has 1 fully saturated rings. The number of aliphatic hydroxyl groups excluding tert-OH is 1. The molecular formula is C17H28N4O6PSi+. The van der Waals surface area contributed by atoms with Gasteiger partial charge in [-0.05, 0) is 24.6 Å². The lowest BCUT2D eigenvalue weighted by molar-refractivity contribution is 0.0178. The largest absolute Gasteiger partial charge is 0.695 e. The summed E-state index contributed by atoms with van der Waals surface area (Å²) in [7, 11) is -5.18. The number of fused-ring (bicyclic) bond motifs is 1. The number of imidazole rings is 1. The predicted molar refractivity (Wildman–Crippen MR) is 109 cm³/mol. The maximum atomic E-state index is 12.0. The van der Waals surface area contributed by atoms with Crippen molar-refractivity contribution in [2.24, 2.45) is 5.92 Å². The molecule has 0 bridgehead atoms. The lowest BCUT2D eigenvalue weighted by Gasteiger charge is -2.40. The Morgan fingerprint density at radius 2 is 2.03 bits per heavy atom. The third kappa shape index (κ3) is 4.21. The van der Waals surface area contributed by atoms with Gasteiger partial charge in [0.25, 0.3) is 5.56 Å². The third-order valence-corrected chi connectivity index (χ3v) is 11.0. The first-order valence-corrected chi connectivity index (χ1v) is 13.5. The van der Waals surface area contributed by atoms with E-state index >= 15 is 0 Å². The van der Waals surface area contributed by atoms with Gasteiger partial charge in [-0.2, -0.15) is 0 Å². The van der Waals surface area contributed by atoms with Crippen LogP contribution in [0.3, 0.4) is 0 Å². The number of aromatic amines is 1. The molecule has 0 radical (unpaired) electrons. The summed E-state index contributed by atoms with van der Waals surface area (Å²) in [6.45, 7) is 10.2. The number of aliphatic hydroxyl groups is 1. The van der Waals surface area contributed by atoms with E-state index in [0.29, 0.717) is 12.1 Å². The number of rotatable bonds is 6. The highest BCUT2D eigenvalue weighted by molar-refractivity contribution is 7.32. The third-order valence-electron chi connectivity index (χ3n) is 6.12. The van der Waals surface area contributed by atoms with Gasteiger partial charge in [0.1, 0.15) is 6.10 Å². The SMILES string of the molecule is CC(C)(C)[Si](C)(C)O[C@@H]1[C@H](O[P+](=O)O)[C@@H](CO)C[C@H]1n1cnc2c(=O)[nH]cnc21. The Balaban J connectivity index is 2.08. The Hall–Kier alpha value is -1.49. The molecule has 1 unspecified atom stereocenters. The van der Waals surface area contributed by atoms with Crippen molar-refractivity contribution in [1.82, 2.24) is 19.5 Å². The van der Waals surface area contributed by atoms with Crippen LogP contribution in [0.5, 0.6) is 0 Å². The van der Waals surface area contributed by atoms with E-state index in [-0.39, 0.29) is 28.8 Å². The highest BCUT2D eigenvalue weighted by Crippen LogP contribution is 2.47. The molecule has 12 heteroatoms. The number of hydrogen-bond donors (Lipinski definition) is 3. The van der Waals surface area contributed by atoms with Crippen LogP contribution in [0.1, 0.15) is 33.2 Å². The van der Waals surface area contributed by atoms with E-state index in [4.69, 9.17) is 8.95 Å². The fraction of sp³-hybridized carbons (Fsp3) is 0.706. The van der Waals surface area contributed by atoms with Crippen LogP contribution < -0.4 is 5.56 Å². The summed E-state index contributed by atoms with van der Waals surface area (Å²) in [6.07, 6.45) is 1.90. The second-order valence-corrected chi connectivity index (χ2v) is 14.4. The molecule has 0 spiro atoms. The zero-order valence-corrected chi connectivity index (χ0v) is 19.1. The highest BCUT2D eigenvalue weighted by Gasteiger charge is 2.53. The topological polar surface area (TPSA) is 140 Å². The average Bonchev–Trinajstić information content (AvgIpc) is 3.16. The molecule has 10 nitrogen and oxygen atoms in total. The molecule has 160 valence electrons. The Bertz CT molecular complexity index is 955. The highest BCUT2D eigenvalue weighted by atomic mass is 31.1. The number of H-pyrrole nitrogens is 1. The smallest absolute Gasteiger partial charge is 0.409 e. The number of nitrogens with one attached hydrogen (secondary N) is 1. The second kappa shape index (κ2) is 7.97. The molecule has 0 saturated heterocycles. The van der Waals surface area contributed by atoms with Crippen LogP contribution in [-0.4, -0.2) is 56.7 Å². The number of hydrogen-bond acceptors (Lipinski definition) is 7. The number of nitrogens with zero attached hydrogens (tertiary/aromatic N) is 3. The van der Waals surface area contributed by atoms with Gasteiger partial charge in [0.2, 0.25) is 0 Å². The van der Waals surface area contributed by atoms with Gasteiger partial charge in [-0.3, -0.25) is 4.79 Å². The first-order valence-electron chi connectivity index (χ1n) is 9.48. The summed E-state index contributed by atoms with van der Waals surface area (Å²) in [6, 6.07) is -0.361. The molecule has 1 saturated carbocycles. The molecule has 3 rings (SSSR count). The molecule has 1 aliphatic carbocycles. The van der Waals surface area contributed by atoms with Crippen molar-refractivity contribution in [3.8, 4) is 0 Å². The molecular weight excluding hydrogens is 415 g/mol. The maximum Gasteiger partial charge on any atom is 0.695 e. The Morgan fingerprint density at radius 1 is 1.34 bits per heavy atom. The maximum absolute atomic E-state index is 12.0. The van der Waals surface area contributed by atoms with E-state index < -0.39 is 34.7 Å². The van der Waals surface area contributed by atoms with Crippen LogP contribution in [0, 0.1) is 5.92 Å². The normalized spacial score (nSPS) is 26.2. The van der Waals surface area contributed by atoms with Gasteiger partial charge in [0.05, 0.1) is 24.8 Å². The van der Waals surface area contributed by atoms with Crippen LogP contribution in [0.4, 0.5) is 0 Å². The van der Waals surface area contributed by atoms with Crippen LogP contribution in [-0.2, 0) is 13.5 Å². The molecule has 1 aliphatic rings. The summed E-state index contributed by atoms with van der Waals surface area (Å²) in [5.41, 5.74) is 0.253. The van der Waals surface area contributed by atoms with Crippen molar-refractivity contribution >= 4 is 27.7 Å². The zero-order chi connectivity index (χ0) is 21.6. The van der Waals surface area contributed by atoms with Gasteiger partial charge in [-0.25, -0.2) is 9.97 Å². The fourth-order valence-corrected chi connectivity index (χ4v) is 5.36. The van der Waals surface area contributed by atoms with Crippen molar-refractivity contribution in [3.05, 3.63) is 23.0 Å². The number of aromatic nitrogens is 4. The van der Waals surface area contributed by atoms with Crippen LogP contribution >= 0.6 is 8.25 Å². The molecule has 0 amide bonds. The lowest BCUT2D eigenvalue weighted by Crippen LogP contribution is -2.48. The zero-order valence-electron chi connectivity index (χ0n) is 17.2. The second-order valence-electron chi connectivity index (χ2n) is 8.95. The fourth-order valence-electron chi connectivity index (χ4n) is 3.53. The molecule has 0 aromatic carbocycles. The average molecular weight is 443 g/mol. The van der Waals surface area contributed by atoms with E-state index in [9.17, 15) is 19.4 Å². The van der Waals surface area contributed by atoms with E-state index in [2.05, 4.69) is 48.8 Å². The van der Waals surface area contributed by atoms with Gasteiger partial charge in [0, 0.05) is 17.1 Å². The molecule has 29 heavy (non-hydrogen) atoms. The summed E-state index contributed by atoms with van der Waals surface area (Å²) < 4.78 is 25.2. The van der Waals surface area contributed by atoms with Crippen molar-refractivity contribution in [3.63, 3.8) is 0 Å². The Kier molecular flexibility index (Phi) is 6.10. The Labute approximate surface area is 170 Å². The van der Waals surface area contributed by atoms with Crippen LogP contribution in [0.25, 0.3) is 11.2 Å². The predicted octanol–water partition coefficient (Wildman–Crippen LogP) is 2.10. The lowest BCUT2D eigenvalue weighted by atomic mass is 10.1. The van der Waals surface area contributed by atoms with Crippen LogP contribution in [0.15, 0.2) is 17.4 Å². The van der Waals surface area contributed by atoms with E-state index in [1.54, 1.807) is 4.57 Å². The van der Waals surface area contributed by atoms with Gasteiger partial charge in [-0.15, -0.1) is 9.42 Å². The quantitative estimate of drug-likeness (QED) is 0.456. The molecule has 3 N–H and O–H groups in total. The van der Waals surface area contributed by atoms with Gasteiger partial charge >= 0.3 is 8.25 Å². The van der Waals surface area contributed by atoms with Gasteiger partial charge in [-0.1, -0.05) is 20.8 Å². The van der Waals surface area contributed by atoms with Crippen LogP contribution in [0.2, 0.25) is 18.1 Å². The standard InChI is InChI=1S/C17H27N4O6PSi/c1-17(2,3)29(4,5)27-14-11(6-10(7-22)13(14)26-28(24)25)21-9-20-12-15(21)18-8-19-16(12)23/h8-11,13-14,22H,6-7H2,1-5H3,(H-,18,19,23,24,25)/p+1/t10-,11-,13-,14+/m1/s1. The first-order chi connectivity index (χ1) is 13.5. The molecule has 2 heterocycles. The van der Waals surface area contributed by atoms with Crippen molar-refractivity contribution in [2.75, 3.05) is 6.61 Å². The minimum atomic E-state index is -2.88. The molecule has 2 aromatic heterocycles. The molecule has 0 aliphatic heterocycles. The van der Waals surface area contributed by atoms with Gasteiger partial charge < -0.3 is 19.1 Å². The summed E-state index contributed by atoms with van der Waals surface area (Å²) in [5.74, 6) is -0.402. The minimum Gasteiger partial charge on any atom is -0.409 e. The van der Waals surface area contributed by atoms with E-state index in [1.807, 2.05) is 0 Å². The summed E-state index contributed by atoms with van der Waals surface area (Å²) >= 11 is 0. The molecule has 2 aromatic rings. The van der Waals surface area contributed by atoms with Crippen molar-refractivity contribution < 1.29 is 23.5 Å². The monoisotopic (exact) mass is 443 g/mol. The van der Waals surface area contributed by atoms with E-state index in [0.717, 1.165) is 0 Å². The van der Waals surface area contributed by atoms with E-state index in [1.165, 1.54) is 12.7 Å². The Morgan fingerprint density at radius 3 is 2.62 bits per heavy atom. The molecule has 5 atom stereocenters. The van der Waals surface area contributed by atoms with Crippen molar-refractivity contribution in [1.29, 1.82) is 0 Å². The summed E-state index contributed by atoms with van der Waals surface area (Å²) in [5, 5.41) is 9.80.